The Kier molecular flexibility index (Phi) is 2.08. The van der Waals surface area contributed by atoms with Crippen molar-refractivity contribution in [2.24, 2.45) is 0 Å². The maximum absolute atomic E-state index is 4.27. The first-order chi connectivity index (χ1) is 6.42. The van der Waals surface area contributed by atoms with Gasteiger partial charge in [0.15, 0.2) is 0 Å². The van der Waals surface area contributed by atoms with Crippen molar-refractivity contribution in [1.82, 2.24) is 14.5 Å². The Balaban J connectivity index is 2.47. The van der Waals surface area contributed by atoms with Crippen LogP contribution in [-0.2, 0) is 6.54 Å². The van der Waals surface area contributed by atoms with Gasteiger partial charge in [-0.3, -0.25) is 4.98 Å². The van der Waals surface area contributed by atoms with E-state index >= 15 is 0 Å². The average Bonchev–Trinajstić information content (AvgIpc) is 2.67. The first-order valence-electron chi connectivity index (χ1n) is 4.33. The van der Waals surface area contributed by atoms with Gasteiger partial charge in [-0.05, 0) is 19.1 Å². The Hall–Kier alpha value is -1.64. The molecule has 0 aliphatic heterocycles. The number of rotatable bonds is 2. The van der Waals surface area contributed by atoms with E-state index in [1.54, 1.807) is 6.20 Å². The van der Waals surface area contributed by atoms with Gasteiger partial charge in [-0.15, -0.1) is 0 Å². The van der Waals surface area contributed by atoms with Gasteiger partial charge >= 0.3 is 0 Å². The highest BCUT2D eigenvalue weighted by molar-refractivity contribution is 5.52. The molecule has 0 aromatic carbocycles. The lowest BCUT2D eigenvalue weighted by Crippen LogP contribution is -1.95. The summed E-state index contributed by atoms with van der Waals surface area (Å²) in [6.07, 6.45) is 5.46. The van der Waals surface area contributed by atoms with Gasteiger partial charge in [0.1, 0.15) is 0 Å². The normalized spacial score (nSPS) is 10.2. The van der Waals surface area contributed by atoms with E-state index in [1.165, 1.54) is 0 Å². The molecule has 0 saturated heterocycles. The van der Waals surface area contributed by atoms with Crippen LogP contribution in [-0.4, -0.2) is 14.5 Å². The zero-order valence-corrected chi connectivity index (χ0v) is 7.51. The largest absolute Gasteiger partial charge is 0.330 e. The maximum Gasteiger partial charge on any atom is 0.0951 e. The van der Waals surface area contributed by atoms with Gasteiger partial charge in [-0.1, -0.05) is 6.07 Å². The SMILES string of the molecule is CCn1cncc1-c1ccccn1. The maximum atomic E-state index is 4.27. The van der Waals surface area contributed by atoms with E-state index in [9.17, 15) is 0 Å². The third-order valence-electron chi connectivity index (χ3n) is 1.98. The molecule has 2 rings (SSSR count). The molecule has 0 aliphatic rings. The minimum absolute atomic E-state index is 0.923. The van der Waals surface area contributed by atoms with E-state index in [0.29, 0.717) is 0 Å². The second-order valence-corrected chi connectivity index (χ2v) is 2.78. The molecule has 2 aromatic rings. The van der Waals surface area contributed by atoms with Gasteiger partial charge in [0, 0.05) is 12.7 Å². The van der Waals surface area contributed by atoms with Crippen LogP contribution in [0.5, 0.6) is 0 Å². The number of hydrogen-bond acceptors (Lipinski definition) is 2. The molecule has 0 atom stereocenters. The standard InChI is InChI=1S/C10H11N3/c1-2-13-8-11-7-10(13)9-5-3-4-6-12-9/h3-8H,2H2,1H3. The van der Waals surface area contributed by atoms with E-state index in [0.717, 1.165) is 17.9 Å². The lowest BCUT2D eigenvalue weighted by atomic mass is 10.3. The van der Waals surface area contributed by atoms with Gasteiger partial charge in [-0.25, -0.2) is 4.98 Å². The van der Waals surface area contributed by atoms with Crippen LogP contribution in [0.25, 0.3) is 11.4 Å². The van der Waals surface area contributed by atoms with Gasteiger partial charge in [0.2, 0.25) is 0 Å². The van der Waals surface area contributed by atoms with Crippen LogP contribution < -0.4 is 0 Å². The van der Waals surface area contributed by atoms with Crippen molar-refractivity contribution in [2.45, 2.75) is 13.5 Å². The fourth-order valence-electron chi connectivity index (χ4n) is 1.30. The molecule has 0 aliphatic carbocycles. The lowest BCUT2D eigenvalue weighted by molar-refractivity contribution is 0.766. The van der Waals surface area contributed by atoms with Crippen molar-refractivity contribution in [3.8, 4) is 11.4 Å². The second-order valence-electron chi connectivity index (χ2n) is 2.78. The molecule has 0 radical (unpaired) electrons. The quantitative estimate of drug-likeness (QED) is 0.695. The van der Waals surface area contributed by atoms with E-state index in [4.69, 9.17) is 0 Å². The fraction of sp³-hybridized carbons (Fsp3) is 0.200. The van der Waals surface area contributed by atoms with Crippen LogP contribution >= 0.6 is 0 Å². The zero-order chi connectivity index (χ0) is 9.10. The summed E-state index contributed by atoms with van der Waals surface area (Å²) >= 11 is 0. The van der Waals surface area contributed by atoms with Crippen LogP contribution in [0.1, 0.15) is 6.92 Å². The molecule has 3 heteroatoms. The fourth-order valence-corrected chi connectivity index (χ4v) is 1.30. The number of nitrogens with zero attached hydrogens (tertiary/aromatic N) is 3. The highest BCUT2D eigenvalue weighted by Gasteiger charge is 2.02. The Labute approximate surface area is 77.1 Å². The molecule has 0 saturated carbocycles. The number of pyridine rings is 1. The predicted molar refractivity (Wildman–Crippen MR) is 51.1 cm³/mol. The molecular formula is C10H11N3. The summed E-state index contributed by atoms with van der Waals surface area (Å²) in [6, 6.07) is 5.88. The third kappa shape index (κ3) is 1.45. The molecule has 0 amide bonds. The van der Waals surface area contributed by atoms with E-state index in [-0.39, 0.29) is 0 Å². The Morgan fingerprint density at radius 3 is 3.00 bits per heavy atom. The molecular weight excluding hydrogens is 162 g/mol. The average molecular weight is 173 g/mol. The van der Waals surface area contributed by atoms with Crippen molar-refractivity contribution < 1.29 is 0 Å². The second kappa shape index (κ2) is 3.39. The molecule has 3 nitrogen and oxygen atoms in total. The molecule has 0 spiro atoms. The van der Waals surface area contributed by atoms with Crippen molar-refractivity contribution in [3.63, 3.8) is 0 Å². The van der Waals surface area contributed by atoms with Gasteiger partial charge in [0.25, 0.3) is 0 Å². The minimum Gasteiger partial charge on any atom is -0.330 e. The summed E-state index contributed by atoms with van der Waals surface area (Å²) in [5.41, 5.74) is 2.05. The monoisotopic (exact) mass is 173 g/mol. The van der Waals surface area contributed by atoms with Gasteiger partial charge < -0.3 is 4.57 Å². The molecule has 0 bridgehead atoms. The highest BCUT2D eigenvalue weighted by Crippen LogP contribution is 2.14. The molecule has 2 aromatic heterocycles. The van der Waals surface area contributed by atoms with Crippen LogP contribution in [0.4, 0.5) is 0 Å². The van der Waals surface area contributed by atoms with Crippen molar-refractivity contribution in [3.05, 3.63) is 36.9 Å². The molecule has 0 N–H and O–H groups in total. The summed E-state index contributed by atoms with van der Waals surface area (Å²) < 4.78 is 2.07. The topological polar surface area (TPSA) is 30.7 Å². The molecule has 66 valence electrons. The smallest absolute Gasteiger partial charge is 0.0951 e. The van der Waals surface area contributed by atoms with E-state index in [2.05, 4.69) is 21.5 Å². The Morgan fingerprint density at radius 1 is 1.38 bits per heavy atom. The third-order valence-corrected chi connectivity index (χ3v) is 1.98. The molecule has 0 unspecified atom stereocenters. The van der Waals surface area contributed by atoms with Crippen molar-refractivity contribution in [1.29, 1.82) is 0 Å². The molecule has 13 heavy (non-hydrogen) atoms. The first kappa shape index (κ1) is 7.98. The number of aromatic nitrogens is 3. The van der Waals surface area contributed by atoms with Crippen LogP contribution in [0.3, 0.4) is 0 Å². The summed E-state index contributed by atoms with van der Waals surface area (Å²) in [7, 11) is 0. The van der Waals surface area contributed by atoms with Gasteiger partial charge in [-0.2, -0.15) is 0 Å². The van der Waals surface area contributed by atoms with E-state index in [1.807, 2.05) is 30.7 Å². The Bertz CT molecular complexity index is 378. The van der Waals surface area contributed by atoms with Crippen LogP contribution in [0.15, 0.2) is 36.9 Å². The minimum atomic E-state index is 0.923. The number of hydrogen-bond donors (Lipinski definition) is 0. The lowest BCUT2D eigenvalue weighted by Gasteiger charge is -2.02. The molecule has 2 heterocycles. The zero-order valence-electron chi connectivity index (χ0n) is 7.51. The number of aryl methyl sites for hydroxylation is 1. The summed E-state index contributed by atoms with van der Waals surface area (Å²) in [4.78, 5) is 8.36. The van der Waals surface area contributed by atoms with Crippen LogP contribution in [0.2, 0.25) is 0 Å². The van der Waals surface area contributed by atoms with Crippen molar-refractivity contribution in [2.75, 3.05) is 0 Å². The van der Waals surface area contributed by atoms with Crippen molar-refractivity contribution >= 4 is 0 Å². The highest BCUT2D eigenvalue weighted by atomic mass is 15.0. The van der Waals surface area contributed by atoms with E-state index < -0.39 is 0 Å². The summed E-state index contributed by atoms with van der Waals surface area (Å²) in [5.74, 6) is 0. The first-order valence-corrected chi connectivity index (χ1v) is 4.33. The number of imidazole rings is 1. The van der Waals surface area contributed by atoms with Gasteiger partial charge in [0.05, 0.1) is 23.9 Å². The van der Waals surface area contributed by atoms with Crippen LogP contribution in [0, 0.1) is 0 Å². The molecule has 0 fully saturated rings. The summed E-state index contributed by atoms with van der Waals surface area (Å²) in [6.45, 7) is 3.01. The summed E-state index contributed by atoms with van der Waals surface area (Å²) in [5, 5.41) is 0. The Morgan fingerprint density at radius 2 is 2.31 bits per heavy atom. The predicted octanol–water partition coefficient (Wildman–Crippen LogP) is 1.96.